The number of carbonyl (C=O) groups excluding carboxylic acids is 1. The van der Waals surface area contributed by atoms with Gasteiger partial charge in [-0.25, -0.2) is 8.42 Å². The third-order valence-electron chi connectivity index (χ3n) is 5.20. The lowest BCUT2D eigenvalue weighted by molar-refractivity contribution is 0.0949. The van der Waals surface area contributed by atoms with Gasteiger partial charge in [0.1, 0.15) is 0 Å². The molecule has 1 saturated heterocycles. The van der Waals surface area contributed by atoms with Crippen LogP contribution in [0.1, 0.15) is 29.6 Å². The van der Waals surface area contributed by atoms with E-state index in [1.807, 2.05) is 0 Å². The highest BCUT2D eigenvalue weighted by molar-refractivity contribution is 7.92. The van der Waals surface area contributed by atoms with Gasteiger partial charge in [-0.15, -0.1) is 0 Å². The second-order valence-electron chi connectivity index (χ2n) is 7.43. The van der Waals surface area contributed by atoms with Crippen molar-refractivity contribution in [2.75, 3.05) is 31.4 Å². The normalized spacial score (nSPS) is 15.8. The second kappa shape index (κ2) is 9.61. The van der Waals surface area contributed by atoms with Gasteiger partial charge >= 0.3 is 0 Å². The minimum Gasteiger partial charge on any atom is -0.352 e. The summed E-state index contributed by atoms with van der Waals surface area (Å²) in [6.45, 7) is 2.85. The summed E-state index contributed by atoms with van der Waals surface area (Å²) in [7, 11) is -1.60. The average Bonchev–Trinajstić information content (AvgIpc) is 2.71. The number of hydrogen-bond donors (Lipinski definition) is 2. The fourth-order valence-corrected chi connectivity index (χ4v) is 4.54. The maximum absolute atomic E-state index is 12.5. The van der Waals surface area contributed by atoms with Gasteiger partial charge in [0.05, 0.1) is 4.90 Å². The van der Waals surface area contributed by atoms with Crippen molar-refractivity contribution < 1.29 is 13.2 Å². The quantitative estimate of drug-likeness (QED) is 0.696. The third kappa shape index (κ3) is 6.19. The summed E-state index contributed by atoms with van der Waals surface area (Å²) in [5.41, 5.74) is 0.865. The van der Waals surface area contributed by atoms with Crippen molar-refractivity contribution in [3.63, 3.8) is 0 Å². The second-order valence-corrected chi connectivity index (χ2v) is 9.55. The van der Waals surface area contributed by atoms with Crippen molar-refractivity contribution in [2.45, 2.75) is 24.2 Å². The van der Waals surface area contributed by atoms with Crippen LogP contribution >= 0.6 is 11.6 Å². The Kier molecular flexibility index (Phi) is 7.16. The molecule has 0 spiro atoms. The lowest BCUT2D eigenvalue weighted by Crippen LogP contribution is -2.32. The summed E-state index contributed by atoms with van der Waals surface area (Å²) in [6.07, 6.45) is 3.30. The molecule has 1 aliphatic rings. The minimum atomic E-state index is -3.73. The van der Waals surface area contributed by atoms with Crippen molar-refractivity contribution in [3.8, 4) is 0 Å². The summed E-state index contributed by atoms with van der Waals surface area (Å²) >= 11 is 5.82. The molecule has 2 aromatic carbocycles. The first-order valence-corrected chi connectivity index (χ1v) is 11.5. The fraction of sp³-hybridized carbons (Fsp3) is 0.381. The Morgan fingerprint density at radius 1 is 1.07 bits per heavy atom. The molecule has 2 N–H and O–H groups in total. The fourth-order valence-electron chi connectivity index (χ4n) is 3.36. The van der Waals surface area contributed by atoms with E-state index in [-0.39, 0.29) is 10.8 Å². The number of amides is 1. The lowest BCUT2D eigenvalue weighted by Gasteiger charge is -2.28. The van der Waals surface area contributed by atoms with Crippen molar-refractivity contribution in [3.05, 3.63) is 59.1 Å². The highest BCUT2D eigenvalue weighted by Gasteiger charge is 2.17. The molecule has 1 amide bonds. The van der Waals surface area contributed by atoms with E-state index in [2.05, 4.69) is 22.0 Å². The molecule has 0 aromatic heterocycles. The van der Waals surface area contributed by atoms with Crippen LogP contribution in [0.15, 0.2) is 53.4 Å². The zero-order valence-corrected chi connectivity index (χ0v) is 18.0. The van der Waals surface area contributed by atoms with Crippen LogP contribution in [-0.2, 0) is 10.0 Å². The van der Waals surface area contributed by atoms with Gasteiger partial charge in [0, 0.05) is 22.8 Å². The van der Waals surface area contributed by atoms with Gasteiger partial charge in [0.15, 0.2) is 0 Å². The van der Waals surface area contributed by atoms with Crippen LogP contribution in [0.3, 0.4) is 0 Å². The van der Waals surface area contributed by atoms with E-state index >= 15 is 0 Å². The van der Waals surface area contributed by atoms with Crippen LogP contribution in [0, 0.1) is 5.92 Å². The van der Waals surface area contributed by atoms with Crippen molar-refractivity contribution >= 4 is 33.2 Å². The van der Waals surface area contributed by atoms with Gasteiger partial charge in [-0.1, -0.05) is 11.6 Å². The number of nitrogens with zero attached hydrogens (tertiary/aromatic N) is 1. The van der Waals surface area contributed by atoms with E-state index in [4.69, 9.17) is 11.6 Å². The molecular formula is C21H26ClN3O3S. The molecule has 0 bridgehead atoms. The molecule has 6 nitrogen and oxygen atoms in total. The number of halogens is 1. The van der Waals surface area contributed by atoms with E-state index in [9.17, 15) is 13.2 Å². The van der Waals surface area contributed by atoms with Gasteiger partial charge in [-0.05, 0) is 93.8 Å². The Hall–Kier alpha value is -2.09. The van der Waals surface area contributed by atoms with Crippen LogP contribution < -0.4 is 10.0 Å². The number of sulfonamides is 1. The Bertz CT molecular complexity index is 923. The number of likely N-dealkylation sites (tertiary alicyclic amines) is 1. The Labute approximate surface area is 177 Å². The topological polar surface area (TPSA) is 78.5 Å². The van der Waals surface area contributed by atoms with Crippen molar-refractivity contribution in [1.29, 1.82) is 0 Å². The molecule has 8 heteroatoms. The van der Waals surface area contributed by atoms with Crippen LogP contribution in [0.4, 0.5) is 5.69 Å². The summed E-state index contributed by atoms with van der Waals surface area (Å²) in [5.74, 6) is 0.463. The Balaban J connectivity index is 1.53. The van der Waals surface area contributed by atoms with Crippen LogP contribution in [0.25, 0.3) is 0 Å². The van der Waals surface area contributed by atoms with Gasteiger partial charge in [-0.2, -0.15) is 0 Å². The maximum atomic E-state index is 12.5. The lowest BCUT2D eigenvalue weighted by atomic mass is 9.94. The number of benzene rings is 2. The van der Waals surface area contributed by atoms with E-state index in [1.165, 1.54) is 37.1 Å². The summed E-state index contributed by atoms with van der Waals surface area (Å²) in [6, 6.07) is 12.3. The van der Waals surface area contributed by atoms with Crippen molar-refractivity contribution in [2.24, 2.45) is 5.92 Å². The monoisotopic (exact) mass is 435 g/mol. The molecule has 3 rings (SSSR count). The third-order valence-corrected chi connectivity index (χ3v) is 6.85. The van der Waals surface area contributed by atoms with Gasteiger partial charge in [0.2, 0.25) is 0 Å². The van der Waals surface area contributed by atoms with Gasteiger partial charge in [-0.3, -0.25) is 9.52 Å². The first kappa shape index (κ1) is 21.6. The molecular weight excluding hydrogens is 410 g/mol. The molecule has 0 atom stereocenters. The molecule has 1 heterocycles. The SMILES string of the molecule is CN1CCC(CCNC(=O)c2ccc(S(=O)(=O)Nc3ccc(Cl)cc3)cc2)CC1. The molecule has 0 unspecified atom stereocenters. The van der Waals surface area contributed by atoms with Crippen molar-refractivity contribution in [1.82, 2.24) is 10.2 Å². The Morgan fingerprint density at radius 3 is 2.31 bits per heavy atom. The molecule has 156 valence electrons. The maximum Gasteiger partial charge on any atom is 0.261 e. The number of carbonyl (C=O) groups is 1. The largest absolute Gasteiger partial charge is 0.352 e. The highest BCUT2D eigenvalue weighted by atomic mass is 35.5. The van der Waals surface area contributed by atoms with Gasteiger partial charge < -0.3 is 10.2 Å². The van der Waals surface area contributed by atoms with Crippen LogP contribution in [0.2, 0.25) is 5.02 Å². The molecule has 0 radical (unpaired) electrons. The van der Waals surface area contributed by atoms with E-state index in [0.29, 0.717) is 28.7 Å². The zero-order chi connectivity index (χ0) is 20.9. The standard InChI is InChI=1S/C21H26ClN3O3S/c1-25-14-11-16(12-15-25)10-13-23-21(26)17-2-8-20(9-3-17)29(27,28)24-19-6-4-18(22)5-7-19/h2-9,16,24H,10-15H2,1H3,(H,23,26). The predicted octanol–water partition coefficient (Wildman–Crippen LogP) is 3.60. The van der Waals surface area contributed by atoms with E-state index in [1.54, 1.807) is 24.3 Å². The molecule has 0 saturated carbocycles. The Morgan fingerprint density at radius 2 is 1.69 bits per heavy atom. The molecule has 2 aromatic rings. The smallest absolute Gasteiger partial charge is 0.261 e. The molecule has 0 aliphatic carbocycles. The van der Waals surface area contributed by atoms with Gasteiger partial charge in [0.25, 0.3) is 15.9 Å². The molecule has 1 fully saturated rings. The number of rotatable bonds is 7. The molecule has 1 aliphatic heterocycles. The number of nitrogens with one attached hydrogen (secondary N) is 2. The summed E-state index contributed by atoms with van der Waals surface area (Å²) in [5, 5.41) is 3.46. The highest BCUT2D eigenvalue weighted by Crippen LogP contribution is 2.20. The minimum absolute atomic E-state index is 0.0929. The summed E-state index contributed by atoms with van der Waals surface area (Å²) in [4.78, 5) is 14.7. The van der Waals surface area contributed by atoms with Crippen LogP contribution in [0.5, 0.6) is 0 Å². The number of piperidine rings is 1. The average molecular weight is 436 g/mol. The number of hydrogen-bond acceptors (Lipinski definition) is 4. The first-order chi connectivity index (χ1) is 13.8. The van der Waals surface area contributed by atoms with E-state index in [0.717, 1.165) is 19.5 Å². The predicted molar refractivity (Wildman–Crippen MR) is 116 cm³/mol. The molecule has 29 heavy (non-hydrogen) atoms. The van der Waals surface area contributed by atoms with Crippen LogP contribution in [-0.4, -0.2) is 45.9 Å². The van der Waals surface area contributed by atoms with E-state index < -0.39 is 10.0 Å². The number of anilines is 1. The summed E-state index contributed by atoms with van der Waals surface area (Å²) < 4.78 is 27.5. The first-order valence-electron chi connectivity index (χ1n) is 9.69. The zero-order valence-electron chi connectivity index (χ0n) is 16.4.